The van der Waals surface area contributed by atoms with E-state index in [9.17, 15) is 0 Å². The zero-order valence-electron chi connectivity index (χ0n) is 8.87. The number of furan rings is 1. The Hall–Kier alpha value is -0.800. The van der Waals surface area contributed by atoms with E-state index in [-0.39, 0.29) is 11.6 Å². The van der Waals surface area contributed by atoms with E-state index in [1.165, 1.54) is 5.56 Å². The van der Waals surface area contributed by atoms with Crippen molar-refractivity contribution in [3.05, 3.63) is 23.7 Å². The van der Waals surface area contributed by atoms with Crippen LogP contribution >= 0.6 is 0 Å². The number of rotatable bonds is 0. The molecule has 1 aliphatic carbocycles. The normalized spacial score (nSPS) is 35.4. The summed E-state index contributed by atoms with van der Waals surface area (Å²) in [4.78, 5) is 0. The molecule has 82 valence electrons. The highest BCUT2D eigenvalue weighted by atomic mass is 16.5. The summed E-state index contributed by atoms with van der Waals surface area (Å²) in [5.74, 6) is 1.11. The van der Waals surface area contributed by atoms with Crippen LogP contribution in [0.2, 0.25) is 0 Å². The van der Waals surface area contributed by atoms with E-state index in [4.69, 9.17) is 14.9 Å². The number of aryl methyl sites for hydroxylation is 1. The summed E-state index contributed by atoms with van der Waals surface area (Å²) >= 11 is 0. The fraction of sp³-hybridized carbons (Fsp3) is 0.667. The van der Waals surface area contributed by atoms with Gasteiger partial charge in [0.15, 0.2) is 0 Å². The van der Waals surface area contributed by atoms with Crippen LogP contribution in [0.1, 0.15) is 37.0 Å². The Morgan fingerprint density at radius 3 is 3.27 bits per heavy atom. The summed E-state index contributed by atoms with van der Waals surface area (Å²) in [6.45, 7) is 0.784. The highest BCUT2D eigenvalue weighted by Gasteiger charge is 2.42. The van der Waals surface area contributed by atoms with E-state index in [0.29, 0.717) is 0 Å². The average molecular weight is 207 g/mol. The SMILES string of the molecule is NC1CCOC2(CCCc3occc32)C1. The number of ether oxygens (including phenoxy) is 1. The molecule has 2 heterocycles. The first kappa shape index (κ1) is 9.43. The molecule has 2 atom stereocenters. The summed E-state index contributed by atoms with van der Waals surface area (Å²) < 4.78 is 11.5. The van der Waals surface area contributed by atoms with Gasteiger partial charge in [0.2, 0.25) is 0 Å². The van der Waals surface area contributed by atoms with Crippen molar-refractivity contribution in [2.75, 3.05) is 6.61 Å². The van der Waals surface area contributed by atoms with Crippen molar-refractivity contribution < 1.29 is 9.15 Å². The van der Waals surface area contributed by atoms with Gasteiger partial charge in [-0.25, -0.2) is 0 Å². The molecular weight excluding hydrogens is 190 g/mol. The Bertz CT molecular complexity index is 360. The Labute approximate surface area is 89.6 Å². The Kier molecular flexibility index (Phi) is 2.11. The molecule has 1 spiro atoms. The predicted octanol–water partition coefficient (Wildman–Crippen LogP) is 1.95. The molecule has 15 heavy (non-hydrogen) atoms. The minimum atomic E-state index is -0.127. The number of fused-ring (bicyclic) bond motifs is 2. The van der Waals surface area contributed by atoms with Gasteiger partial charge in [-0.3, -0.25) is 0 Å². The number of hydrogen-bond acceptors (Lipinski definition) is 3. The van der Waals surface area contributed by atoms with Gasteiger partial charge >= 0.3 is 0 Å². The molecule has 0 saturated carbocycles. The van der Waals surface area contributed by atoms with Gasteiger partial charge in [-0.05, 0) is 31.7 Å². The quantitative estimate of drug-likeness (QED) is 0.707. The molecule has 1 aromatic heterocycles. The molecule has 1 aromatic rings. The van der Waals surface area contributed by atoms with E-state index in [2.05, 4.69) is 6.07 Å². The largest absolute Gasteiger partial charge is 0.469 e. The van der Waals surface area contributed by atoms with Gasteiger partial charge in [0.05, 0.1) is 11.9 Å². The molecule has 3 rings (SSSR count). The maximum Gasteiger partial charge on any atom is 0.109 e. The minimum absolute atomic E-state index is 0.127. The monoisotopic (exact) mass is 207 g/mol. The molecule has 2 unspecified atom stereocenters. The van der Waals surface area contributed by atoms with Crippen LogP contribution in [0.15, 0.2) is 16.7 Å². The molecule has 3 nitrogen and oxygen atoms in total. The van der Waals surface area contributed by atoms with E-state index in [0.717, 1.165) is 44.5 Å². The molecule has 0 amide bonds. The van der Waals surface area contributed by atoms with Crippen LogP contribution in [-0.2, 0) is 16.8 Å². The van der Waals surface area contributed by atoms with Crippen LogP contribution in [0.25, 0.3) is 0 Å². The van der Waals surface area contributed by atoms with Crippen molar-refractivity contribution >= 4 is 0 Å². The van der Waals surface area contributed by atoms with Crippen molar-refractivity contribution in [3.8, 4) is 0 Å². The lowest BCUT2D eigenvalue weighted by Crippen LogP contribution is -2.44. The van der Waals surface area contributed by atoms with Crippen LogP contribution < -0.4 is 5.73 Å². The maximum atomic E-state index is 6.06. The van der Waals surface area contributed by atoms with Gasteiger partial charge in [0, 0.05) is 24.6 Å². The van der Waals surface area contributed by atoms with Gasteiger partial charge in [-0.15, -0.1) is 0 Å². The third-order valence-corrected chi connectivity index (χ3v) is 3.68. The molecule has 0 bridgehead atoms. The Balaban J connectivity index is 1.99. The summed E-state index contributed by atoms with van der Waals surface area (Å²) in [6.07, 6.45) is 6.98. The molecule has 1 aliphatic heterocycles. The fourth-order valence-electron chi connectivity index (χ4n) is 2.96. The second kappa shape index (κ2) is 3.35. The molecule has 1 saturated heterocycles. The van der Waals surface area contributed by atoms with Crippen molar-refractivity contribution in [3.63, 3.8) is 0 Å². The first-order valence-corrected chi connectivity index (χ1v) is 5.77. The molecule has 0 radical (unpaired) electrons. The van der Waals surface area contributed by atoms with Crippen LogP contribution in [0.4, 0.5) is 0 Å². The van der Waals surface area contributed by atoms with E-state index < -0.39 is 0 Å². The van der Waals surface area contributed by atoms with Gasteiger partial charge in [0.1, 0.15) is 5.76 Å². The third-order valence-electron chi connectivity index (χ3n) is 3.68. The predicted molar refractivity (Wildman–Crippen MR) is 56.5 cm³/mol. The van der Waals surface area contributed by atoms with Crippen molar-refractivity contribution in [2.24, 2.45) is 5.73 Å². The van der Waals surface area contributed by atoms with Gasteiger partial charge in [-0.1, -0.05) is 0 Å². The lowest BCUT2D eigenvalue weighted by Gasteiger charge is -2.42. The number of nitrogens with two attached hydrogens (primary N) is 1. The number of hydrogen-bond donors (Lipinski definition) is 1. The average Bonchev–Trinajstić information content (AvgIpc) is 2.67. The standard InChI is InChI=1S/C12H17NO2/c13-9-3-7-15-12(8-9)5-1-2-11-10(12)4-6-14-11/h4,6,9H,1-3,5,7-8,13H2. The van der Waals surface area contributed by atoms with Crippen molar-refractivity contribution in [1.29, 1.82) is 0 Å². The molecule has 2 aliphatic rings. The highest BCUT2D eigenvalue weighted by molar-refractivity contribution is 5.28. The molecular formula is C12H17NO2. The van der Waals surface area contributed by atoms with Crippen molar-refractivity contribution in [1.82, 2.24) is 0 Å². The highest BCUT2D eigenvalue weighted by Crippen LogP contribution is 2.44. The van der Waals surface area contributed by atoms with Gasteiger partial charge < -0.3 is 14.9 Å². The van der Waals surface area contributed by atoms with E-state index in [1.54, 1.807) is 6.26 Å². The summed E-state index contributed by atoms with van der Waals surface area (Å²) in [5.41, 5.74) is 7.18. The molecule has 2 N–H and O–H groups in total. The Morgan fingerprint density at radius 1 is 1.47 bits per heavy atom. The zero-order valence-corrected chi connectivity index (χ0v) is 8.87. The van der Waals surface area contributed by atoms with Crippen LogP contribution in [0.3, 0.4) is 0 Å². The maximum absolute atomic E-state index is 6.06. The van der Waals surface area contributed by atoms with Gasteiger partial charge in [0.25, 0.3) is 0 Å². The summed E-state index contributed by atoms with van der Waals surface area (Å²) in [7, 11) is 0. The summed E-state index contributed by atoms with van der Waals surface area (Å²) in [6, 6.07) is 2.34. The summed E-state index contributed by atoms with van der Waals surface area (Å²) in [5, 5.41) is 0. The molecule has 0 aromatic carbocycles. The first-order valence-electron chi connectivity index (χ1n) is 5.77. The zero-order chi connectivity index (χ0) is 10.3. The lowest BCUT2D eigenvalue weighted by atomic mass is 9.77. The van der Waals surface area contributed by atoms with E-state index in [1.807, 2.05) is 0 Å². The first-order chi connectivity index (χ1) is 7.30. The lowest BCUT2D eigenvalue weighted by molar-refractivity contribution is -0.101. The topological polar surface area (TPSA) is 48.4 Å². The second-order valence-corrected chi connectivity index (χ2v) is 4.71. The van der Waals surface area contributed by atoms with Crippen LogP contribution in [0, 0.1) is 0 Å². The molecule has 1 fully saturated rings. The van der Waals surface area contributed by atoms with Crippen LogP contribution in [-0.4, -0.2) is 12.6 Å². The minimum Gasteiger partial charge on any atom is -0.469 e. The third kappa shape index (κ3) is 1.42. The Morgan fingerprint density at radius 2 is 2.40 bits per heavy atom. The van der Waals surface area contributed by atoms with Crippen LogP contribution in [0.5, 0.6) is 0 Å². The van der Waals surface area contributed by atoms with E-state index >= 15 is 0 Å². The van der Waals surface area contributed by atoms with Crippen molar-refractivity contribution in [2.45, 2.75) is 43.7 Å². The second-order valence-electron chi connectivity index (χ2n) is 4.71. The molecule has 3 heteroatoms. The fourth-order valence-corrected chi connectivity index (χ4v) is 2.96. The van der Waals surface area contributed by atoms with Gasteiger partial charge in [-0.2, -0.15) is 0 Å². The smallest absolute Gasteiger partial charge is 0.109 e.